The smallest absolute Gasteiger partial charge is 0.275 e. The molecule has 4 heterocycles. The van der Waals surface area contributed by atoms with Gasteiger partial charge in [0.2, 0.25) is 11.8 Å². The van der Waals surface area contributed by atoms with Crippen LogP contribution in [-0.2, 0) is 5.54 Å². The quantitative estimate of drug-likeness (QED) is 0.349. The molecule has 0 aliphatic carbocycles. The molecule has 1 unspecified atom stereocenters. The van der Waals surface area contributed by atoms with E-state index >= 15 is 0 Å². The lowest BCUT2D eigenvalue weighted by molar-refractivity contribution is 0.0975. The molecule has 11 nitrogen and oxygen atoms in total. The number of aromatic nitrogens is 4. The van der Waals surface area contributed by atoms with Crippen LogP contribution < -0.4 is 20.3 Å². The third-order valence-electron chi connectivity index (χ3n) is 7.11. The number of anilines is 2. The molecule has 2 aromatic heterocycles. The summed E-state index contributed by atoms with van der Waals surface area (Å²) in [6, 6.07) is 16.4. The number of carbonyl (C=O) groups excluding carboxylic acids is 2. The van der Waals surface area contributed by atoms with Crippen LogP contribution in [0.3, 0.4) is 0 Å². The highest BCUT2D eigenvalue weighted by Gasteiger charge is 2.51. The molecule has 2 amide bonds. The maximum absolute atomic E-state index is 13.6. The van der Waals surface area contributed by atoms with Crippen LogP contribution in [0.25, 0.3) is 0 Å². The van der Waals surface area contributed by atoms with Gasteiger partial charge in [-0.05, 0) is 29.8 Å². The Balaban J connectivity index is 1.33. The molecule has 2 aromatic carbocycles. The topological polar surface area (TPSA) is 135 Å². The van der Waals surface area contributed by atoms with Gasteiger partial charge in [0.05, 0.1) is 38.4 Å². The maximum atomic E-state index is 13.6. The summed E-state index contributed by atoms with van der Waals surface area (Å²) >= 11 is 1.47. The van der Waals surface area contributed by atoms with E-state index in [-0.39, 0.29) is 17.5 Å². The molecule has 2 aliphatic heterocycles. The van der Waals surface area contributed by atoms with E-state index in [2.05, 4.69) is 30.6 Å². The Morgan fingerprint density at radius 2 is 1.79 bits per heavy atom. The number of nitrogens with zero attached hydrogens (tertiary/aromatic N) is 6. The Morgan fingerprint density at radius 1 is 0.976 bits per heavy atom. The van der Waals surface area contributed by atoms with E-state index in [1.54, 1.807) is 30.3 Å². The predicted octanol–water partition coefficient (Wildman–Crippen LogP) is 3.53. The molecule has 0 saturated carbocycles. The summed E-state index contributed by atoms with van der Waals surface area (Å²) in [5.41, 5.74) is 1.24. The normalized spacial score (nSPS) is 19.4. The standard InChI is InChI=1S/C29H25FN8O3S/c1-41-24-14-31-23(13-32-24)26(40)35-22-9-5-8-19(10-22)29-17-38(27-33-11-21(30)12-34-27)15-20(29)16-42-28(37-29)36-25(39)18-6-3-2-4-7-18/h2-14,20H,15-17H2,1H3,(H,35,40)(H,36,37,39)/t20-,29?/m0/s1. The molecule has 2 N–H and O–H groups in total. The molecule has 6 rings (SSSR count). The van der Waals surface area contributed by atoms with Crippen molar-refractivity contribution >= 4 is 40.4 Å². The van der Waals surface area contributed by atoms with E-state index in [0.717, 1.165) is 18.0 Å². The minimum Gasteiger partial charge on any atom is -0.480 e. The highest BCUT2D eigenvalue weighted by molar-refractivity contribution is 8.13. The molecule has 13 heteroatoms. The van der Waals surface area contributed by atoms with Crippen LogP contribution in [0.1, 0.15) is 26.4 Å². The molecule has 0 radical (unpaired) electrons. The molecule has 2 atom stereocenters. The molecule has 212 valence electrons. The third kappa shape index (κ3) is 5.50. The number of thioether (sulfide) groups is 1. The van der Waals surface area contributed by atoms with E-state index in [1.807, 2.05) is 29.2 Å². The number of rotatable bonds is 6. The van der Waals surface area contributed by atoms with Crippen molar-refractivity contribution in [1.82, 2.24) is 25.3 Å². The largest absolute Gasteiger partial charge is 0.480 e. The van der Waals surface area contributed by atoms with Crippen molar-refractivity contribution in [3.8, 4) is 5.88 Å². The van der Waals surface area contributed by atoms with Crippen LogP contribution in [0, 0.1) is 11.7 Å². The zero-order valence-electron chi connectivity index (χ0n) is 22.4. The van der Waals surface area contributed by atoms with E-state index in [9.17, 15) is 14.0 Å². The second-order valence-electron chi connectivity index (χ2n) is 9.73. The van der Waals surface area contributed by atoms with Crippen molar-refractivity contribution < 1.29 is 18.7 Å². The molecular weight excluding hydrogens is 559 g/mol. The first-order chi connectivity index (χ1) is 20.4. The first kappa shape index (κ1) is 27.3. The summed E-state index contributed by atoms with van der Waals surface area (Å²) in [5, 5.41) is 6.33. The molecule has 42 heavy (non-hydrogen) atoms. The van der Waals surface area contributed by atoms with Gasteiger partial charge in [-0.3, -0.25) is 9.59 Å². The Hall–Kier alpha value is -4.91. The molecule has 1 saturated heterocycles. The minimum atomic E-state index is -0.803. The molecule has 1 fully saturated rings. The maximum Gasteiger partial charge on any atom is 0.275 e. The number of benzene rings is 2. The summed E-state index contributed by atoms with van der Waals surface area (Å²) in [6.07, 6.45) is 4.99. The lowest BCUT2D eigenvalue weighted by Crippen LogP contribution is -2.42. The van der Waals surface area contributed by atoms with Gasteiger partial charge in [0.1, 0.15) is 11.2 Å². The third-order valence-corrected chi connectivity index (χ3v) is 8.14. The van der Waals surface area contributed by atoms with Gasteiger partial charge in [0.25, 0.3) is 11.8 Å². The number of hydrogen-bond donors (Lipinski definition) is 2. The predicted molar refractivity (Wildman–Crippen MR) is 156 cm³/mol. The number of ether oxygens (including phenoxy) is 1. The molecular formula is C29H25FN8O3S. The fourth-order valence-electron chi connectivity index (χ4n) is 5.05. The highest BCUT2D eigenvalue weighted by atomic mass is 32.2. The number of amidine groups is 1. The average Bonchev–Trinajstić information content (AvgIpc) is 3.42. The second kappa shape index (κ2) is 11.5. The van der Waals surface area contributed by atoms with Gasteiger partial charge in [-0.25, -0.2) is 29.3 Å². The fraction of sp³-hybridized carbons (Fsp3) is 0.207. The SMILES string of the molecule is COc1cnc(C(=O)Nc2cccc(C34CN(c5ncc(F)cn5)C[C@H]3CSC(NC(=O)c3ccccc3)=N4)c2)cn1. The van der Waals surface area contributed by atoms with Gasteiger partial charge in [0.15, 0.2) is 11.0 Å². The van der Waals surface area contributed by atoms with Gasteiger partial charge in [-0.1, -0.05) is 42.1 Å². The number of methoxy groups -OCH3 is 1. The number of nitrogens with one attached hydrogen (secondary N) is 2. The van der Waals surface area contributed by atoms with Gasteiger partial charge in [-0.2, -0.15) is 0 Å². The minimum absolute atomic E-state index is 0.00642. The van der Waals surface area contributed by atoms with Crippen molar-refractivity contribution in [1.29, 1.82) is 0 Å². The molecule has 4 aromatic rings. The van der Waals surface area contributed by atoms with Crippen molar-refractivity contribution in [2.75, 3.05) is 36.2 Å². The number of halogens is 1. The van der Waals surface area contributed by atoms with Crippen LogP contribution in [0.4, 0.5) is 16.0 Å². The first-order valence-electron chi connectivity index (χ1n) is 13.0. The Morgan fingerprint density at radius 3 is 2.52 bits per heavy atom. The first-order valence-corrected chi connectivity index (χ1v) is 14.0. The monoisotopic (exact) mass is 584 g/mol. The van der Waals surface area contributed by atoms with Gasteiger partial charge >= 0.3 is 0 Å². The van der Waals surface area contributed by atoms with Crippen LogP contribution in [0.2, 0.25) is 0 Å². The summed E-state index contributed by atoms with van der Waals surface area (Å²) < 4.78 is 18.6. The Kier molecular flexibility index (Phi) is 7.48. The van der Waals surface area contributed by atoms with Crippen LogP contribution >= 0.6 is 11.8 Å². The summed E-state index contributed by atoms with van der Waals surface area (Å²) in [6.45, 7) is 0.954. The lowest BCUT2D eigenvalue weighted by atomic mass is 9.81. The van der Waals surface area contributed by atoms with Crippen molar-refractivity contribution in [2.45, 2.75) is 5.54 Å². The van der Waals surface area contributed by atoms with E-state index < -0.39 is 17.3 Å². The Bertz CT molecular complexity index is 1640. The zero-order chi connectivity index (χ0) is 29.1. The second-order valence-corrected chi connectivity index (χ2v) is 10.7. The van der Waals surface area contributed by atoms with Crippen molar-refractivity contribution in [2.24, 2.45) is 10.9 Å². The zero-order valence-corrected chi connectivity index (χ0v) is 23.2. The van der Waals surface area contributed by atoms with Gasteiger partial charge in [0, 0.05) is 29.5 Å². The van der Waals surface area contributed by atoms with Gasteiger partial charge < -0.3 is 20.3 Å². The van der Waals surface area contributed by atoms with Crippen molar-refractivity contribution in [3.63, 3.8) is 0 Å². The molecule has 0 spiro atoms. The number of aliphatic imine (C=N–C) groups is 1. The van der Waals surface area contributed by atoms with E-state index in [1.165, 1.54) is 31.3 Å². The number of carbonyl (C=O) groups is 2. The van der Waals surface area contributed by atoms with Crippen LogP contribution in [0.15, 0.2) is 84.4 Å². The number of fused-ring (bicyclic) bond motifs is 1. The highest BCUT2D eigenvalue weighted by Crippen LogP contribution is 2.46. The number of hydrogen-bond acceptors (Lipinski definition) is 10. The van der Waals surface area contributed by atoms with Gasteiger partial charge in [-0.15, -0.1) is 0 Å². The summed E-state index contributed by atoms with van der Waals surface area (Å²) in [4.78, 5) is 49.5. The molecule has 2 aliphatic rings. The fourth-order valence-corrected chi connectivity index (χ4v) is 6.18. The van der Waals surface area contributed by atoms with E-state index in [0.29, 0.717) is 47.1 Å². The number of amides is 2. The van der Waals surface area contributed by atoms with Crippen LogP contribution in [-0.4, -0.2) is 62.9 Å². The average molecular weight is 585 g/mol. The summed E-state index contributed by atoms with van der Waals surface area (Å²) in [7, 11) is 1.47. The van der Waals surface area contributed by atoms with Crippen LogP contribution in [0.5, 0.6) is 5.88 Å². The lowest BCUT2D eigenvalue weighted by Gasteiger charge is -2.35. The summed E-state index contributed by atoms with van der Waals surface area (Å²) in [5.74, 6) is 0.155. The van der Waals surface area contributed by atoms with Crippen molar-refractivity contribution in [3.05, 3.63) is 102 Å². The Labute approximate surface area is 244 Å². The van der Waals surface area contributed by atoms with E-state index in [4.69, 9.17) is 9.73 Å². The molecule has 0 bridgehead atoms.